The fraction of sp³-hybridized carbons (Fsp3) is 0.821. The maximum absolute atomic E-state index is 13.7. The Morgan fingerprint density at radius 2 is 1.67 bits per heavy atom. The molecule has 222 valence electrons. The number of carboxylic acid groups (broad SMARTS) is 1. The van der Waals surface area contributed by atoms with Gasteiger partial charge in [-0.05, 0) is 78.3 Å². The van der Waals surface area contributed by atoms with Crippen LogP contribution in [0.15, 0.2) is 0 Å². The lowest BCUT2D eigenvalue weighted by atomic mass is 9.92. The maximum atomic E-state index is 13.7. The molecule has 0 bridgehead atoms. The van der Waals surface area contributed by atoms with Crippen molar-refractivity contribution in [2.24, 2.45) is 5.92 Å². The third kappa shape index (κ3) is 10.8. The largest absolute Gasteiger partial charge is 0.481 e. The Bertz CT molecular complexity index is 825. The molecule has 0 aromatic carbocycles. The van der Waals surface area contributed by atoms with E-state index in [0.29, 0.717) is 25.4 Å². The summed E-state index contributed by atoms with van der Waals surface area (Å²) < 4.78 is 0. The van der Waals surface area contributed by atoms with Crippen molar-refractivity contribution >= 4 is 29.6 Å². The summed E-state index contributed by atoms with van der Waals surface area (Å²) in [6.45, 7) is 7.73. The Morgan fingerprint density at radius 1 is 1.00 bits per heavy atom. The third-order valence-corrected chi connectivity index (χ3v) is 7.91. The number of hydrogen-bond acceptors (Lipinski definition) is 6. The average Bonchev–Trinajstić information content (AvgIpc) is 2.92. The maximum Gasteiger partial charge on any atom is 0.305 e. The van der Waals surface area contributed by atoms with E-state index in [9.17, 15) is 29.1 Å². The molecule has 0 aromatic heterocycles. The quantitative estimate of drug-likeness (QED) is 0.242. The molecule has 0 unspecified atom stereocenters. The van der Waals surface area contributed by atoms with Crippen LogP contribution >= 0.6 is 0 Å². The van der Waals surface area contributed by atoms with Gasteiger partial charge in [-0.1, -0.05) is 19.3 Å². The smallest absolute Gasteiger partial charge is 0.305 e. The minimum absolute atomic E-state index is 0.128. The first kappa shape index (κ1) is 32.5. The van der Waals surface area contributed by atoms with E-state index in [-0.39, 0.29) is 24.4 Å². The van der Waals surface area contributed by atoms with E-state index in [2.05, 4.69) is 16.0 Å². The van der Waals surface area contributed by atoms with Crippen LogP contribution in [-0.2, 0) is 24.0 Å². The molecule has 1 heterocycles. The molecule has 2 rings (SSSR count). The fourth-order valence-electron chi connectivity index (χ4n) is 5.71. The van der Waals surface area contributed by atoms with Crippen molar-refractivity contribution < 1.29 is 29.1 Å². The highest BCUT2D eigenvalue weighted by Gasteiger charge is 2.38. The molecular formula is C28H49N5O6. The van der Waals surface area contributed by atoms with Crippen molar-refractivity contribution in [1.29, 1.82) is 0 Å². The normalized spacial score (nSPS) is 18.0. The molecule has 1 saturated carbocycles. The van der Waals surface area contributed by atoms with Gasteiger partial charge in [0, 0.05) is 25.6 Å². The molecule has 2 atom stereocenters. The van der Waals surface area contributed by atoms with Crippen molar-refractivity contribution in [2.45, 2.75) is 110 Å². The van der Waals surface area contributed by atoms with Crippen LogP contribution in [0.2, 0.25) is 0 Å². The summed E-state index contributed by atoms with van der Waals surface area (Å²) in [5, 5.41) is 18.2. The van der Waals surface area contributed by atoms with E-state index < -0.39 is 36.3 Å². The Kier molecular flexibility index (Phi) is 14.3. The van der Waals surface area contributed by atoms with E-state index in [1.165, 1.54) is 9.80 Å². The topological polar surface area (TPSA) is 148 Å². The zero-order valence-corrected chi connectivity index (χ0v) is 24.0. The predicted octanol–water partition coefficient (Wildman–Crippen LogP) is 1.65. The molecule has 39 heavy (non-hydrogen) atoms. The lowest BCUT2D eigenvalue weighted by molar-refractivity contribution is -0.149. The summed E-state index contributed by atoms with van der Waals surface area (Å²) in [5.74, 6) is -2.22. The zero-order chi connectivity index (χ0) is 28.8. The number of rotatable bonds is 15. The highest BCUT2D eigenvalue weighted by atomic mass is 16.4. The van der Waals surface area contributed by atoms with E-state index >= 15 is 0 Å². The van der Waals surface area contributed by atoms with Crippen LogP contribution < -0.4 is 16.0 Å². The first-order valence-corrected chi connectivity index (χ1v) is 14.8. The van der Waals surface area contributed by atoms with Crippen LogP contribution in [0.25, 0.3) is 0 Å². The van der Waals surface area contributed by atoms with Crippen molar-refractivity contribution in [3.8, 4) is 0 Å². The van der Waals surface area contributed by atoms with Gasteiger partial charge in [0.05, 0.1) is 13.0 Å². The van der Waals surface area contributed by atoms with Gasteiger partial charge < -0.3 is 30.9 Å². The van der Waals surface area contributed by atoms with Crippen LogP contribution in [-0.4, -0.2) is 95.4 Å². The number of nitrogens with zero attached hydrogens (tertiary/aromatic N) is 2. The number of piperidine rings is 1. The van der Waals surface area contributed by atoms with Crippen molar-refractivity contribution in [3.63, 3.8) is 0 Å². The fourth-order valence-corrected chi connectivity index (χ4v) is 5.71. The van der Waals surface area contributed by atoms with Gasteiger partial charge in [-0.2, -0.15) is 0 Å². The number of nitrogens with one attached hydrogen (secondary N) is 3. The molecule has 2 aliphatic rings. The van der Waals surface area contributed by atoms with Gasteiger partial charge >= 0.3 is 5.97 Å². The second-order valence-corrected chi connectivity index (χ2v) is 10.8. The lowest BCUT2D eigenvalue weighted by Gasteiger charge is -2.39. The van der Waals surface area contributed by atoms with Crippen molar-refractivity contribution in [1.82, 2.24) is 25.8 Å². The van der Waals surface area contributed by atoms with Gasteiger partial charge in [0.2, 0.25) is 23.6 Å². The van der Waals surface area contributed by atoms with Crippen LogP contribution in [0, 0.1) is 5.92 Å². The molecule has 0 aromatic rings. The van der Waals surface area contributed by atoms with Gasteiger partial charge in [-0.3, -0.25) is 24.0 Å². The number of likely N-dealkylation sites (N-methyl/N-ethyl adjacent to an activating group) is 2. The zero-order valence-electron chi connectivity index (χ0n) is 24.0. The van der Waals surface area contributed by atoms with E-state index in [0.717, 1.165) is 70.9 Å². The first-order chi connectivity index (χ1) is 18.7. The molecule has 11 nitrogen and oxygen atoms in total. The Hall–Kier alpha value is -2.69. The molecular weight excluding hydrogens is 502 g/mol. The Morgan fingerprint density at radius 3 is 2.26 bits per heavy atom. The van der Waals surface area contributed by atoms with Crippen LogP contribution in [0.4, 0.5) is 0 Å². The SMILES string of the molecule is CCNC(=O)[C@H](C)N(C(=O)[C@H](CC(=O)O)NC(=O)CN(CC)C(=O)CCCC1CCNCC1)C1CCCCC1. The molecule has 1 aliphatic heterocycles. The number of carboxylic acids is 1. The number of carbonyl (C=O) groups excluding carboxylic acids is 4. The summed E-state index contributed by atoms with van der Waals surface area (Å²) in [6, 6.07) is -2.34. The van der Waals surface area contributed by atoms with Crippen molar-refractivity contribution in [3.05, 3.63) is 0 Å². The highest BCUT2D eigenvalue weighted by molar-refractivity contribution is 5.95. The summed E-state index contributed by atoms with van der Waals surface area (Å²) in [4.78, 5) is 66.8. The summed E-state index contributed by atoms with van der Waals surface area (Å²) in [6.07, 6.45) is 8.03. The molecule has 1 aliphatic carbocycles. The molecule has 4 N–H and O–H groups in total. The number of carbonyl (C=O) groups is 5. The van der Waals surface area contributed by atoms with Gasteiger partial charge in [0.15, 0.2) is 0 Å². The van der Waals surface area contributed by atoms with Gasteiger partial charge in [0.25, 0.3) is 0 Å². The van der Waals surface area contributed by atoms with E-state index in [1.54, 1.807) is 20.8 Å². The second-order valence-electron chi connectivity index (χ2n) is 10.8. The van der Waals surface area contributed by atoms with E-state index in [4.69, 9.17) is 0 Å². The standard InChI is InChI=1S/C28H49N5O6/c1-4-30-27(38)20(3)33(22-11-7-6-8-12-22)28(39)23(18-26(36)37)31-24(34)19-32(5-2)25(35)13-9-10-21-14-16-29-17-15-21/h20-23,29H,4-19H2,1-3H3,(H,30,38)(H,31,34)(H,36,37)/t20-,23-/m0/s1. The summed E-state index contributed by atoms with van der Waals surface area (Å²) in [7, 11) is 0. The molecule has 4 amide bonds. The van der Waals surface area contributed by atoms with Crippen LogP contribution in [0.3, 0.4) is 0 Å². The van der Waals surface area contributed by atoms with Crippen LogP contribution in [0.1, 0.15) is 91.4 Å². The summed E-state index contributed by atoms with van der Waals surface area (Å²) in [5.41, 5.74) is 0. The minimum atomic E-state index is -1.33. The van der Waals surface area contributed by atoms with Gasteiger partial charge in [-0.25, -0.2) is 0 Å². The highest BCUT2D eigenvalue weighted by Crippen LogP contribution is 2.25. The Balaban J connectivity index is 2.05. The predicted molar refractivity (Wildman–Crippen MR) is 148 cm³/mol. The lowest BCUT2D eigenvalue weighted by Crippen LogP contribution is -2.59. The first-order valence-electron chi connectivity index (χ1n) is 14.8. The van der Waals surface area contributed by atoms with E-state index in [1.807, 2.05) is 0 Å². The summed E-state index contributed by atoms with van der Waals surface area (Å²) >= 11 is 0. The second kappa shape index (κ2) is 17.1. The van der Waals surface area contributed by atoms with Gasteiger partial charge in [0.1, 0.15) is 12.1 Å². The van der Waals surface area contributed by atoms with Crippen LogP contribution in [0.5, 0.6) is 0 Å². The minimum Gasteiger partial charge on any atom is -0.481 e. The number of hydrogen-bond donors (Lipinski definition) is 4. The number of aliphatic carboxylic acids is 1. The molecule has 0 radical (unpaired) electrons. The average molecular weight is 552 g/mol. The third-order valence-electron chi connectivity index (χ3n) is 7.91. The number of amides is 4. The molecule has 2 fully saturated rings. The Labute approximate surface area is 232 Å². The monoisotopic (exact) mass is 551 g/mol. The van der Waals surface area contributed by atoms with Crippen molar-refractivity contribution in [2.75, 3.05) is 32.7 Å². The van der Waals surface area contributed by atoms with Gasteiger partial charge in [-0.15, -0.1) is 0 Å². The molecule has 11 heteroatoms. The molecule has 1 saturated heterocycles. The molecule has 0 spiro atoms.